The maximum absolute atomic E-state index is 13.7. The molecule has 0 fully saturated rings. The summed E-state index contributed by atoms with van der Waals surface area (Å²) in [4.78, 5) is 10.8. The molecule has 1 amide bonds. The second-order valence-corrected chi connectivity index (χ2v) is 4.95. The van der Waals surface area contributed by atoms with E-state index >= 15 is 0 Å². The molecule has 0 spiro atoms. The van der Waals surface area contributed by atoms with Crippen molar-refractivity contribution in [2.24, 2.45) is 5.73 Å². The lowest BCUT2D eigenvalue weighted by molar-refractivity contribution is -0.128. The molecule has 1 aromatic carbocycles. The van der Waals surface area contributed by atoms with Gasteiger partial charge < -0.3 is 10.5 Å². The van der Waals surface area contributed by atoms with Crippen LogP contribution >= 0.6 is 11.3 Å². The van der Waals surface area contributed by atoms with E-state index in [4.69, 9.17) is 10.5 Å². The Morgan fingerprint density at radius 1 is 1.50 bits per heavy atom. The fraction of sp³-hybridized carbons (Fsp3) is 0.308. The highest BCUT2D eigenvalue weighted by molar-refractivity contribution is 7.17. The minimum Gasteiger partial charge on any atom is -0.368 e. The first-order valence-electron chi connectivity index (χ1n) is 5.65. The highest BCUT2D eigenvalue weighted by Crippen LogP contribution is 2.27. The summed E-state index contributed by atoms with van der Waals surface area (Å²) >= 11 is 1.51. The number of carbonyl (C=O) groups is 1. The molecule has 1 unspecified atom stereocenters. The standard InChI is InChI=1S/C13H14FNO2S/c1-8(13(15)16)17-6-4-10-11(14)3-2-9-5-7-18-12(9)10/h2-3,5,7-8H,4,6H2,1H3,(H2,15,16). The van der Waals surface area contributed by atoms with Gasteiger partial charge in [0, 0.05) is 16.7 Å². The molecule has 96 valence electrons. The van der Waals surface area contributed by atoms with Gasteiger partial charge in [-0.2, -0.15) is 0 Å². The molecule has 1 aromatic heterocycles. The Bertz CT molecular complexity index is 567. The van der Waals surface area contributed by atoms with Crippen LogP contribution in [0.2, 0.25) is 0 Å². The summed E-state index contributed by atoms with van der Waals surface area (Å²) in [6.07, 6.45) is -0.211. The molecule has 18 heavy (non-hydrogen) atoms. The van der Waals surface area contributed by atoms with Gasteiger partial charge in [-0.1, -0.05) is 6.07 Å². The van der Waals surface area contributed by atoms with Crippen LogP contribution in [-0.2, 0) is 16.0 Å². The fourth-order valence-electron chi connectivity index (χ4n) is 1.72. The van der Waals surface area contributed by atoms with Crippen LogP contribution in [0, 0.1) is 5.82 Å². The average Bonchev–Trinajstić information content (AvgIpc) is 2.79. The normalized spacial score (nSPS) is 12.8. The molecule has 0 saturated heterocycles. The van der Waals surface area contributed by atoms with E-state index in [1.807, 2.05) is 11.4 Å². The van der Waals surface area contributed by atoms with Crippen molar-refractivity contribution in [2.75, 3.05) is 6.61 Å². The number of thiophene rings is 1. The van der Waals surface area contributed by atoms with Crippen molar-refractivity contribution in [1.82, 2.24) is 0 Å². The Kier molecular flexibility index (Phi) is 3.93. The van der Waals surface area contributed by atoms with Crippen molar-refractivity contribution < 1.29 is 13.9 Å². The van der Waals surface area contributed by atoms with Crippen LogP contribution in [0.3, 0.4) is 0 Å². The lowest BCUT2D eigenvalue weighted by Gasteiger charge is -2.10. The Morgan fingerprint density at radius 3 is 3.00 bits per heavy atom. The number of hydrogen-bond donors (Lipinski definition) is 1. The third-order valence-electron chi connectivity index (χ3n) is 2.79. The predicted octanol–water partition coefficient (Wildman–Crippen LogP) is 2.47. The number of amides is 1. The van der Waals surface area contributed by atoms with Gasteiger partial charge in [0.25, 0.3) is 0 Å². The molecule has 2 rings (SSSR count). The molecule has 1 atom stereocenters. The first-order chi connectivity index (χ1) is 8.59. The molecule has 0 bridgehead atoms. The maximum Gasteiger partial charge on any atom is 0.246 e. The molecule has 0 radical (unpaired) electrons. The summed E-state index contributed by atoms with van der Waals surface area (Å²) in [5, 5.41) is 2.96. The highest BCUT2D eigenvalue weighted by Gasteiger charge is 2.12. The van der Waals surface area contributed by atoms with Crippen molar-refractivity contribution >= 4 is 27.3 Å². The summed E-state index contributed by atoms with van der Waals surface area (Å²) in [6.45, 7) is 1.86. The van der Waals surface area contributed by atoms with E-state index in [0.29, 0.717) is 12.0 Å². The Morgan fingerprint density at radius 2 is 2.28 bits per heavy atom. The minimum absolute atomic E-state index is 0.236. The second kappa shape index (κ2) is 5.46. The Hall–Kier alpha value is -1.46. The van der Waals surface area contributed by atoms with Crippen LogP contribution in [0.4, 0.5) is 4.39 Å². The predicted molar refractivity (Wildman–Crippen MR) is 70.1 cm³/mol. The van der Waals surface area contributed by atoms with Gasteiger partial charge in [-0.05, 0) is 29.8 Å². The number of primary amides is 1. The number of benzene rings is 1. The number of hydrogen-bond acceptors (Lipinski definition) is 3. The lowest BCUT2D eigenvalue weighted by Crippen LogP contribution is -2.28. The van der Waals surface area contributed by atoms with Gasteiger partial charge in [0.1, 0.15) is 11.9 Å². The van der Waals surface area contributed by atoms with Crippen molar-refractivity contribution in [3.8, 4) is 0 Å². The average molecular weight is 267 g/mol. The van der Waals surface area contributed by atoms with Crippen LogP contribution in [0.25, 0.3) is 10.1 Å². The van der Waals surface area contributed by atoms with Crippen LogP contribution < -0.4 is 5.73 Å². The monoisotopic (exact) mass is 267 g/mol. The van der Waals surface area contributed by atoms with Crippen LogP contribution in [-0.4, -0.2) is 18.6 Å². The van der Waals surface area contributed by atoms with Gasteiger partial charge >= 0.3 is 0 Å². The molecule has 3 nitrogen and oxygen atoms in total. The number of ether oxygens (including phenoxy) is 1. The zero-order valence-corrected chi connectivity index (χ0v) is 10.8. The SMILES string of the molecule is CC(OCCc1c(F)ccc2ccsc12)C(N)=O. The van der Waals surface area contributed by atoms with Gasteiger partial charge in [-0.15, -0.1) is 11.3 Å². The van der Waals surface area contributed by atoms with Crippen LogP contribution in [0.1, 0.15) is 12.5 Å². The zero-order chi connectivity index (χ0) is 13.1. The lowest BCUT2D eigenvalue weighted by atomic mass is 10.1. The molecule has 2 aromatic rings. The second-order valence-electron chi connectivity index (χ2n) is 4.03. The molecule has 0 aliphatic carbocycles. The summed E-state index contributed by atoms with van der Waals surface area (Å²) in [5.74, 6) is -0.745. The largest absolute Gasteiger partial charge is 0.368 e. The molecule has 0 aliphatic heterocycles. The molecule has 0 saturated carbocycles. The van der Waals surface area contributed by atoms with Crippen molar-refractivity contribution in [3.63, 3.8) is 0 Å². The smallest absolute Gasteiger partial charge is 0.246 e. The highest BCUT2D eigenvalue weighted by atomic mass is 32.1. The van der Waals surface area contributed by atoms with Crippen LogP contribution in [0.5, 0.6) is 0 Å². The quantitative estimate of drug-likeness (QED) is 0.904. The molecule has 1 heterocycles. The van der Waals surface area contributed by atoms with Gasteiger partial charge in [0.05, 0.1) is 6.61 Å². The molecule has 5 heteroatoms. The first kappa shape index (κ1) is 13.0. The molecule has 0 aliphatic rings. The van der Waals surface area contributed by atoms with Crippen molar-refractivity contribution in [1.29, 1.82) is 0 Å². The summed E-state index contributed by atoms with van der Waals surface area (Å²) in [7, 11) is 0. The summed E-state index contributed by atoms with van der Waals surface area (Å²) < 4.78 is 19.9. The summed E-state index contributed by atoms with van der Waals surface area (Å²) in [6, 6.07) is 5.18. The van der Waals surface area contributed by atoms with E-state index in [0.717, 1.165) is 10.1 Å². The Labute approximate surface area is 108 Å². The van der Waals surface area contributed by atoms with E-state index in [-0.39, 0.29) is 12.4 Å². The number of rotatable bonds is 5. The summed E-state index contributed by atoms with van der Waals surface area (Å²) in [5.41, 5.74) is 5.72. The van der Waals surface area contributed by atoms with Gasteiger partial charge in [-0.3, -0.25) is 4.79 Å². The van der Waals surface area contributed by atoms with Crippen LogP contribution in [0.15, 0.2) is 23.6 Å². The van der Waals surface area contributed by atoms with E-state index in [2.05, 4.69) is 0 Å². The number of fused-ring (bicyclic) bond motifs is 1. The van der Waals surface area contributed by atoms with E-state index < -0.39 is 12.0 Å². The van der Waals surface area contributed by atoms with Crippen molar-refractivity contribution in [3.05, 3.63) is 35.0 Å². The van der Waals surface area contributed by atoms with Gasteiger partial charge in [-0.25, -0.2) is 4.39 Å². The molecular weight excluding hydrogens is 253 g/mol. The van der Waals surface area contributed by atoms with Crippen molar-refractivity contribution in [2.45, 2.75) is 19.4 Å². The molecular formula is C13H14FNO2S. The van der Waals surface area contributed by atoms with Gasteiger partial charge in [0.2, 0.25) is 5.91 Å². The first-order valence-corrected chi connectivity index (χ1v) is 6.53. The molecule has 2 N–H and O–H groups in total. The zero-order valence-electron chi connectivity index (χ0n) is 9.98. The topological polar surface area (TPSA) is 52.3 Å². The van der Waals surface area contributed by atoms with Gasteiger partial charge in [0.15, 0.2) is 0 Å². The Balaban J connectivity index is 2.09. The minimum atomic E-state index is -0.643. The fourth-order valence-corrected chi connectivity index (χ4v) is 2.69. The van der Waals surface area contributed by atoms with E-state index in [1.54, 1.807) is 13.0 Å². The number of carbonyl (C=O) groups excluding carboxylic acids is 1. The maximum atomic E-state index is 13.7. The number of halogens is 1. The third kappa shape index (κ3) is 2.68. The van der Waals surface area contributed by atoms with E-state index in [1.165, 1.54) is 17.4 Å². The van der Waals surface area contributed by atoms with E-state index in [9.17, 15) is 9.18 Å². The number of nitrogens with two attached hydrogens (primary N) is 1. The third-order valence-corrected chi connectivity index (χ3v) is 3.78.